The molecule has 0 radical (unpaired) electrons. The van der Waals surface area contributed by atoms with E-state index in [9.17, 15) is 10.2 Å². The van der Waals surface area contributed by atoms with Crippen LogP contribution in [0.15, 0.2) is 77.9 Å². The first-order valence-corrected chi connectivity index (χ1v) is 15.2. The zero-order valence-electron chi connectivity index (χ0n) is 23.0. The van der Waals surface area contributed by atoms with E-state index in [0.29, 0.717) is 6.54 Å². The molecule has 4 atom stereocenters. The second kappa shape index (κ2) is 13.0. The van der Waals surface area contributed by atoms with E-state index in [1.807, 2.05) is 18.4 Å². The first-order valence-electron chi connectivity index (χ1n) is 13.1. The molecule has 0 saturated heterocycles. The molecule has 0 spiro atoms. The van der Waals surface area contributed by atoms with Gasteiger partial charge in [-0.05, 0) is 78.8 Å². The average Bonchev–Trinajstić information content (AvgIpc) is 2.79. The van der Waals surface area contributed by atoms with Gasteiger partial charge in [-0.3, -0.25) is 9.89 Å². The summed E-state index contributed by atoms with van der Waals surface area (Å²) in [7, 11) is 0. The predicted octanol–water partition coefficient (Wildman–Crippen LogP) is 7.12. The number of benzene rings is 1. The van der Waals surface area contributed by atoms with Crippen molar-refractivity contribution in [2.45, 2.75) is 60.3 Å². The molecule has 4 nitrogen and oxygen atoms in total. The Bertz CT molecular complexity index is 1070. The van der Waals surface area contributed by atoms with Gasteiger partial charge in [-0.1, -0.05) is 90.1 Å². The molecule has 0 bridgehead atoms. The van der Waals surface area contributed by atoms with Gasteiger partial charge in [0.05, 0.1) is 18.8 Å². The molecule has 2 aliphatic rings. The minimum Gasteiger partial charge on any atom is -0.388 e. The van der Waals surface area contributed by atoms with Gasteiger partial charge in [0.2, 0.25) is 0 Å². The van der Waals surface area contributed by atoms with E-state index in [4.69, 9.17) is 4.99 Å². The third kappa shape index (κ3) is 8.85. The van der Waals surface area contributed by atoms with Gasteiger partial charge in [-0.15, -0.1) is 0 Å². The molecule has 0 fully saturated rings. The van der Waals surface area contributed by atoms with Gasteiger partial charge in [0.15, 0.2) is 0 Å². The maximum Gasteiger partial charge on any atom is 0.0922 e. The highest BCUT2D eigenvalue weighted by molar-refractivity contribution is 14.1. The van der Waals surface area contributed by atoms with E-state index < -0.39 is 12.2 Å². The molecular weight excluding hydrogens is 686 g/mol. The van der Waals surface area contributed by atoms with Crippen molar-refractivity contribution in [2.24, 2.45) is 27.7 Å². The van der Waals surface area contributed by atoms with Crippen LogP contribution in [-0.2, 0) is 6.54 Å². The normalized spacial score (nSPS) is 25.2. The Morgan fingerprint density at radius 3 is 2.24 bits per heavy atom. The largest absolute Gasteiger partial charge is 0.388 e. The molecule has 0 saturated carbocycles. The first kappa shape index (κ1) is 30.7. The van der Waals surface area contributed by atoms with Crippen LogP contribution in [0.3, 0.4) is 0 Å². The maximum absolute atomic E-state index is 11.2. The second-order valence-electron chi connectivity index (χ2n) is 12.3. The van der Waals surface area contributed by atoms with E-state index in [1.165, 1.54) is 14.7 Å². The van der Waals surface area contributed by atoms with Gasteiger partial charge < -0.3 is 10.2 Å². The Hall–Kier alpha value is -0.810. The second-order valence-corrected chi connectivity index (χ2v) is 14.8. The van der Waals surface area contributed by atoms with Crippen LogP contribution in [0.1, 0.15) is 47.1 Å². The molecule has 0 amide bonds. The molecule has 4 unspecified atom stereocenters. The number of aliphatic imine (C=N–C) groups is 1. The number of hydrogen-bond acceptors (Lipinski definition) is 4. The molecule has 1 aromatic rings. The lowest BCUT2D eigenvalue weighted by atomic mass is 9.69. The van der Waals surface area contributed by atoms with Crippen LogP contribution in [0.2, 0.25) is 0 Å². The SMILES string of the molecule is CC(C)(C)C1=CC(C(C)(C)C)C(O)C(C=NCCN(Cc2ccccc2)CC2C=C(I)C=C(I)C2O)=C1. The lowest BCUT2D eigenvalue weighted by Gasteiger charge is -2.38. The van der Waals surface area contributed by atoms with Crippen molar-refractivity contribution in [1.29, 1.82) is 0 Å². The van der Waals surface area contributed by atoms with Gasteiger partial charge in [-0.25, -0.2) is 0 Å². The van der Waals surface area contributed by atoms with Gasteiger partial charge in [0, 0.05) is 44.8 Å². The minimum absolute atomic E-state index is 0.00698. The Morgan fingerprint density at radius 1 is 0.946 bits per heavy atom. The molecule has 0 heterocycles. The number of allylic oxidation sites excluding steroid dienone is 4. The lowest BCUT2D eigenvalue weighted by Crippen LogP contribution is -2.37. The van der Waals surface area contributed by atoms with E-state index in [0.717, 1.165) is 28.8 Å². The summed E-state index contributed by atoms with van der Waals surface area (Å²) in [4.78, 5) is 7.16. The molecular formula is C31H42I2N2O2. The molecule has 6 heteroatoms. The molecule has 0 aromatic heterocycles. The molecule has 37 heavy (non-hydrogen) atoms. The fourth-order valence-corrected chi connectivity index (χ4v) is 6.96. The third-order valence-corrected chi connectivity index (χ3v) is 8.69. The van der Waals surface area contributed by atoms with Crippen molar-refractivity contribution in [1.82, 2.24) is 4.90 Å². The van der Waals surface area contributed by atoms with Crippen LogP contribution >= 0.6 is 45.2 Å². The van der Waals surface area contributed by atoms with Crippen molar-refractivity contribution in [2.75, 3.05) is 19.6 Å². The number of halogens is 2. The molecule has 2 N–H and O–H groups in total. The zero-order chi connectivity index (χ0) is 27.4. The van der Waals surface area contributed by atoms with Gasteiger partial charge in [0.1, 0.15) is 0 Å². The number of aliphatic hydroxyl groups excluding tert-OH is 2. The summed E-state index contributed by atoms with van der Waals surface area (Å²) in [5.74, 6) is 0.0896. The topological polar surface area (TPSA) is 56.1 Å². The monoisotopic (exact) mass is 728 g/mol. The summed E-state index contributed by atoms with van der Waals surface area (Å²) in [6.07, 6.45) is 9.44. The predicted molar refractivity (Wildman–Crippen MR) is 173 cm³/mol. The summed E-state index contributed by atoms with van der Waals surface area (Å²) < 4.78 is 2.16. The Labute approximate surface area is 251 Å². The van der Waals surface area contributed by atoms with Crippen LogP contribution in [-0.4, -0.2) is 53.2 Å². The zero-order valence-corrected chi connectivity index (χ0v) is 27.3. The molecule has 2 aliphatic carbocycles. The maximum atomic E-state index is 11.2. The number of aliphatic hydroxyl groups is 2. The van der Waals surface area contributed by atoms with Crippen molar-refractivity contribution >= 4 is 51.4 Å². The van der Waals surface area contributed by atoms with Crippen LogP contribution in [0, 0.1) is 22.7 Å². The van der Waals surface area contributed by atoms with Crippen molar-refractivity contribution in [3.63, 3.8) is 0 Å². The van der Waals surface area contributed by atoms with E-state index in [2.05, 4.69) is 134 Å². The molecule has 202 valence electrons. The summed E-state index contributed by atoms with van der Waals surface area (Å²) in [5.41, 5.74) is 3.35. The van der Waals surface area contributed by atoms with E-state index in [1.54, 1.807) is 0 Å². The third-order valence-electron chi connectivity index (χ3n) is 7.07. The Balaban J connectivity index is 1.74. The first-order chi connectivity index (χ1) is 17.3. The standard InChI is InChI=1S/C31H42I2N2O2/c1-30(2,3)24-14-22(28(36)26(16-24)31(4,5)6)18-34-12-13-35(19-21-10-8-7-9-11-21)20-23-15-25(32)17-27(33)29(23)37/h7-11,14-18,23,26,28-29,36-37H,12-13,19-20H2,1-6H3. The number of nitrogens with zero attached hydrogens (tertiary/aromatic N) is 2. The quantitative estimate of drug-likeness (QED) is 0.222. The van der Waals surface area contributed by atoms with E-state index >= 15 is 0 Å². The Morgan fingerprint density at radius 2 is 1.62 bits per heavy atom. The highest BCUT2D eigenvalue weighted by atomic mass is 127. The van der Waals surface area contributed by atoms with Gasteiger partial charge in [0.25, 0.3) is 0 Å². The van der Waals surface area contributed by atoms with E-state index in [-0.39, 0.29) is 22.7 Å². The summed E-state index contributed by atoms with van der Waals surface area (Å²) >= 11 is 4.58. The number of hydrogen-bond donors (Lipinski definition) is 2. The van der Waals surface area contributed by atoms with Crippen molar-refractivity contribution in [3.05, 3.63) is 78.5 Å². The molecule has 3 rings (SSSR count). The van der Waals surface area contributed by atoms with Crippen LogP contribution in [0.25, 0.3) is 0 Å². The Kier molecular flexibility index (Phi) is 10.8. The minimum atomic E-state index is -0.561. The summed E-state index contributed by atoms with van der Waals surface area (Å²) in [6, 6.07) is 10.5. The highest BCUT2D eigenvalue weighted by Gasteiger charge is 2.35. The fraction of sp³-hybridized carbons (Fsp3) is 0.516. The molecule has 0 aliphatic heterocycles. The summed E-state index contributed by atoms with van der Waals surface area (Å²) in [5, 5.41) is 22.0. The van der Waals surface area contributed by atoms with Gasteiger partial charge >= 0.3 is 0 Å². The molecule has 1 aromatic carbocycles. The smallest absolute Gasteiger partial charge is 0.0922 e. The fourth-order valence-electron chi connectivity index (χ4n) is 4.77. The van der Waals surface area contributed by atoms with Crippen LogP contribution in [0.4, 0.5) is 0 Å². The van der Waals surface area contributed by atoms with Crippen molar-refractivity contribution in [3.8, 4) is 0 Å². The summed E-state index contributed by atoms with van der Waals surface area (Å²) in [6.45, 7) is 16.2. The van der Waals surface area contributed by atoms with Crippen molar-refractivity contribution < 1.29 is 10.2 Å². The van der Waals surface area contributed by atoms with Gasteiger partial charge in [-0.2, -0.15) is 0 Å². The van der Waals surface area contributed by atoms with Crippen LogP contribution in [0.5, 0.6) is 0 Å². The highest BCUT2D eigenvalue weighted by Crippen LogP contribution is 2.40. The average molecular weight is 728 g/mol. The van der Waals surface area contributed by atoms with Crippen LogP contribution < -0.4 is 0 Å². The lowest BCUT2D eigenvalue weighted by molar-refractivity contribution is 0.100. The number of rotatable bonds is 8.